The lowest BCUT2D eigenvalue weighted by Gasteiger charge is -2.23. The monoisotopic (exact) mass is 352 g/mol. The second-order valence-electron chi connectivity index (χ2n) is 4.70. The van der Waals surface area contributed by atoms with E-state index in [0.29, 0.717) is 6.42 Å². The Morgan fingerprint density at radius 3 is 2.77 bits per heavy atom. The van der Waals surface area contributed by atoms with Crippen LogP contribution in [0.15, 0.2) is 21.9 Å². The number of hydrogen-bond acceptors (Lipinski definition) is 7. The highest BCUT2D eigenvalue weighted by molar-refractivity contribution is 8.07. The Hall–Kier alpha value is -0.870. The molecule has 5 atom stereocenters. The van der Waals surface area contributed by atoms with Crippen LogP contribution in [0.3, 0.4) is 0 Å². The zero-order valence-electron chi connectivity index (χ0n) is 11.9. The molecule has 0 aliphatic carbocycles. The number of rotatable bonds is 5. The van der Waals surface area contributed by atoms with Gasteiger partial charge in [-0.25, -0.2) is 4.79 Å². The van der Waals surface area contributed by atoms with Crippen molar-refractivity contribution in [3.8, 4) is 0 Å². The Balaban J connectivity index is 2.31. The highest BCUT2D eigenvalue weighted by Gasteiger charge is 2.47. The summed E-state index contributed by atoms with van der Waals surface area (Å²) in [6.07, 6.45) is -2.21. The molecule has 9 nitrogen and oxygen atoms in total. The number of aromatic nitrogens is 2. The summed E-state index contributed by atoms with van der Waals surface area (Å²) < 4.78 is 16.6. The molecule has 124 valence electrons. The zero-order valence-corrected chi connectivity index (χ0v) is 13.6. The zero-order chi connectivity index (χ0) is 16.5. The molecule has 1 aliphatic heterocycles. The molecule has 0 spiro atoms. The number of nitrogens with one attached hydrogen (secondary N) is 1. The van der Waals surface area contributed by atoms with Crippen molar-refractivity contribution in [2.45, 2.75) is 37.9 Å². The second-order valence-corrected chi connectivity index (χ2v) is 7.60. The first-order valence-electron chi connectivity index (χ1n) is 6.51. The van der Waals surface area contributed by atoms with Crippen LogP contribution in [0.25, 0.3) is 0 Å². The standard InChI is InChI=1S/C11H17N2O7PS/c1-3-6-9(20-21(17,22)18-2)8(15)10(19-6)13-5-4-7(14)12-11(13)16/h4-6,8-10,15H,3H2,1-2H3,(H,17,22)(H,12,14,16)/t6-,8?,9?,10-,21?/m1/s1. The summed E-state index contributed by atoms with van der Waals surface area (Å²) in [5.41, 5.74) is -1.28. The van der Waals surface area contributed by atoms with Gasteiger partial charge in [0.15, 0.2) is 6.23 Å². The third kappa shape index (κ3) is 3.54. The highest BCUT2D eigenvalue weighted by atomic mass is 32.5. The van der Waals surface area contributed by atoms with Gasteiger partial charge in [-0.1, -0.05) is 6.92 Å². The molecule has 1 aromatic heterocycles. The molecule has 1 fully saturated rings. The largest absolute Gasteiger partial charge is 0.386 e. The van der Waals surface area contributed by atoms with Gasteiger partial charge in [0.2, 0.25) is 0 Å². The fourth-order valence-electron chi connectivity index (χ4n) is 2.23. The van der Waals surface area contributed by atoms with E-state index < -0.39 is 42.5 Å². The molecule has 22 heavy (non-hydrogen) atoms. The van der Waals surface area contributed by atoms with Crippen molar-refractivity contribution in [1.82, 2.24) is 9.55 Å². The Kier molecular flexibility index (Phi) is 5.33. The summed E-state index contributed by atoms with van der Waals surface area (Å²) in [4.78, 5) is 34.7. The van der Waals surface area contributed by atoms with E-state index in [0.717, 1.165) is 10.6 Å². The Labute approximate surface area is 130 Å². The fourth-order valence-corrected chi connectivity index (χ4v) is 3.18. The van der Waals surface area contributed by atoms with Gasteiger partial charge >= 0.3 is 12.4 Å². The summed E-state index contributed by atoms with van der Waals surface area (Å²) in [5, 5.41) is 10.4. The minimum Gasteiger partial charge on any atom is -0.386 e. The number of aliphatic hydroxyl groups excluding tert-OH is 1. The van der Waals surface area contributed by atoms with Crippen molar-refractivity contribution in [2.24, 2.45) is 0 Å². The lowest BCUT2D eigenvalue weighted by atomic mass is 10.1. The lowest BCUT2D eigenvalue weighted by Crippen LogP contribution is -2.38. The quantitative estimate of drug-likeness (QED) is 0.604. The van der Waals surface area contributed by atoms with E-state index in [1.807, 2.05) is 0 Å². The van der Waals surface area contributed by atoms with Gasteiger partial charge in [-0.15, -0.1) is 0 Å². The molecule has 1 saturated heterocycles. The number of ether oxygens (including phenoxy) is 1. The van der Waals surface area contributed by atoms with Crippen molar-refractivity contribution in [3.05, 3.63) is 33.1 Å². The van der Waals surface area contributed by atoms with E-state index >= 15 is 0 Å². The molecular formula is C11H17N2O7PS. The smallest absolute Gasteiger partial charge is 0.330 e. The van der Waals surface area contributed by atoms with Crippen LogP contribution in [0.1, 0.15) is 19.6 Å². The van der Waals surface area contributed by atoms with Crippen molar-refractivity contribution in [2.75, 3.05) is 7.11 Å². The third-order valence-corrected chi connectivity index (χ3v) is 5.00. The van der Waals surface area contributed by atoms with E-state index in [9.17, 15) is 19.6 Å². The molecule has 0 bridgehead atoms. The summed E-state index contributed by atoms with van der Waals surface area (Å²) in [7, 11) is 1.20. The van der Waals surface area contributed by atoms with Gasteiger partial charge in [-0.05, 0) is 18.2 Å². The first-order chi connectivity index (χ1) is 10.3. The van der Waals surface area contributed by atoms with E-state index in [1.54, 1.807) is 6.92 Å². The van der Waals surface area contributed by atoms with Crippen LogP contribution in [0.2, 0.25) is 0 Å². The number of aliphatic hydroxyl groups is 1. The van der Waals surface area contributed by atoms with Gasteiger partial charge in [-0.2, -0.15) is 0 Å². The Morgan fingerprint density at radius 1 is 1.55 bits per heavy atom. The average molecular weight is 352 g/mol. The molecule has 0 radical (unpaired) electrons. The summed E-state index contributed by atoms with van der Waals surface area (Å²) in [6, 6.07) is 1.14. The van der Waals surface area contributed by atoms with Crippen LogP contribution in [0, 0.1) is 0 Å². The molecule has 1 aliphatic rings. The van der Waals surface area contributed by atoms with Crippen LogP contribution in [-0.4, -0.2) is 45.0 Å². The average Bonchev–Trinajstić information content (AvgIpc) is 2.76. The molecule has 0 saturated carbocycles. The predicted octanol–water partition coefficient (Wildman–Crippen LogP) is -0.547. The molecule has 1 aromatic rings. The van der Waals surface area contributed by atoms with Gasteiger partial charge in [0.25, 0.3) is 5.56 Å². The molecule has 0 aromatic carbocycles. The molecule has 0 amide bonds. The van der Waals surface area contributed by atoms with E-state index in [1.165, 1.54) is 13.3 Å². The lowest BCUT2D eigenvalue weighted by molar-refractivity contribution is -0.0404. The highest BCUT2D eigenvalue weighted by Crippen LogP contribution is 2.48. The van der Waals surface area contributed by atoms with E-state index in [4.69, 9.17) is 25.6 Å². The van der Waals surface area contributed by atoms with Gasteiger partial charge in [0.1, 0.15) is 12.2 Å². The number of aromatic amines is 1. The number of nitrogens with zero attached hydrogens (tertiary/aromatic N) is 1. The van der Waals surface area contributed by atoms with E-state index in [2.05, 4.69) is 4.98 Å². The molecule has 3 N–H and O–H groups in total. The van der Waals surface area contributed by atoms with Crippen LogP contribution in [0.5, 0.6) is 0 Å². The topological polar surface area (TPSA) is 123 Å². The van der Waals surface area contributed by atoms with E-state index in [-0.39, 0.29) is 0 Å². The van der Waals surface area contributed by atoms with Gasteiger partial charge < -0.3 is 19.3 Å². The van der Waals surface area contributed by atoms with Gasteiger partial charge in [0, 0.05) is 19.4 Å². The first-order valence-corrected chi connectivity index (χ1v) is 9.10. The van der Waals surface area contributed by atoms with Gasteiger partial charge in [0.05, 0.1) is 6.10 Å². The summed E-state index contributed by atoms with van der Waals surface area (Å²) >= 11 is 4.77. The summed E-state index contributed by atoms with van der Waals surface area (Å²) in [6.45, 7) is -1.71. The third-order valence-electron chi connectivity index (χ3n) is 3.32. The molecular weight excluding hydrogens is 335 g/mol. The Bertz CT molecular complexity index is 690. The fraction of sp³-hybridized carbons (Fsp3) is 0.636. The maximum absolute atomic E-state index is 11.8. The first kappa shape index (κ1) is 17.5. The minimum absolute atomic E-state index is 0.454. The predicted molar refractivity (Wildman–Crippen MR) is 79.9 cm³/mol. The number of hydrogen-bond donors (Lipinski definition) is 3. The maximum Gasteiger partial charge on any atom is 0.330 e. The molecule has 3 unspecified atom stereocenters. The normalized spacial score (nSPS) is 31.1. The van der Waals surface area contributed by atoms with Crippen molar-refractivity contribution < 1.29 is 23.8 Å². The van der Waals surface area contributed by atoms with Crippen LogP contribution in [0.4, 0.5) is 0 Å². The minimum atomic E-state index is -3.50. The summed E-state index contributed by atoms with van der Waals surface area (Å²) in [5.74, 6) is 0. The van der Waals surface area contributed by atoms with Gasteiger partial charge in [-0.3, -0.25) is 18.9 Å². The second kappa shape index (κ2) is 6.71. The maximum atomic E-state index is 11.8. The van der Waals surface area contributed by atoms with Crippen LogP contribution < -0.4 is 11.2 Å². The van der Waals surface area contributed by atoms with Crippen LogP contribution in [-0.2, 0) is 25.6 Å². The van der Waals surface area contributed by atoms with Crippen LogP contribution >= 0.6 is 6.72 Å². The number of H-pyrrole nitrogens is 1. The molecule has 2 rings (SSSR count). The molecule has 2 heterocycles. The van der Waals surface area contributed by atoms with Crippen molar-refractivity contribution >= 4 is 18.5 Å². The SMILES string of the molecule is CC[C@H]1O[C@@H](n2ccc(=O)[nH]c2=O)C(O)C1OP(O)(=S)OC. The van der Waals surface area contributed by atoms with Crippen molar-refractivity contribution in [3.63, 3.8) is 0 Å². The molecule has 11 heteroatoms. The Morgan fingerprint density at radius 2 is 2.23 bits per heavy atom. The van der Waals surface area contributed by atoms with Crippen molar-refractivity contribution in [1.29, 1.82) is 0 Å².